The van der Waals surface area contributed by atoms with Gasteiger partial charge in [-0.1, -0.05) is 66.2 Å². The number of aliphatic carboxylic acids is 8. The molecule has 48 heteroatoms. The minimum absolute atomic E-state index is 0.00333. The Morgan fingerprint density at radius 1 is 0.408 bits per heavy atom. The summed E-state index contributed by atoms with van der Waals surface area (Å²) in [5.74, 6) is -17.2. The van der Waals surface area contributed by atoms with Gasteiger partial charge in [0.1, 0.15) is 35.4 Å². The van der Waals surface area contributed by atoms with Crippen molar-refractivity contribution in [2.45, 2.75) is 192 Å². The summed E-state index contributed by atoms with van der Waals surface area (Å²) in [6, 6.07) is 18.6. The zero-order valence-corrected chi connectivity index (χ0v) is 83.0. The number of fused-ring (bicyclic) bond motifs is 5. The molecular formula is C94H136IN14O32P. The monoisotopic (exact) mass is 2130 g/mol. The molecule has 0 aliphatic carbocycles. The number of hydrogen-bond acceptors (Lipinski definition) is 29. The number of carboxylic acids is 8. The Balaban J connectivity index is 0.866. The van der Waals surface area contributed by atoms with E-state index < -0.39 is 153 Å². The first kappa shape index (κ1) is 119. The Labute approximate surface area is 836 Å². The van der Waals surface area contributed by atoms with Gasteiger partial charge in [-0.3, -0.25) is 96.1 Å². The lowest BCUT2D eigenvalue weighted by Gasteiger charge is -2.32. The van der Waals surface area contributed by atoms with E-state index in [1.165, 1.54) is 0 Å². The number of carboxylic acid groups (broad SMARTS) is 8. The third kappa shape index (κ3) is 49.2. The highest BCUT2D eigenvalue weighted by Gasteiger charge is 2.35. The number of benzene rings is 3. The number of ketones is 2. The lowest BCUT2D eigenvalue weighted by atomic mass is 9.94. The van der Waals surface area contributed by atoms with E-state index in [1.54, 1.807) is 24.3 Å². The van der Waals surface area contributed by atoms with Crippen molar-refractivity contribution in [2.24, 2.45) is 11.8 Å². The lowest BCUT2D eigenvalue weighted by molar-refractivity contribution is -0.145. The molecule has 6 rings (SSSR count). The number of Topliss-reactive ketones (excluding diaryl/α,β-unsaturated/α-hetero) is 2. The van der Waals surface area contributed by atoms with Crippen molar-refractivity contribution in [3.8, 4) is 22.5 Å². The quantitative estimate of drug-likeness (QED) is 0.0169. The number of amides is 7. The maximum absolute atomic E-state index is 14.3. The highest BCUT2D eigenvalue weighted by Crippen LogP contribution is 2.45. The van der Waals surface area contributed by atoms with Gasteiger partial charge >= 0.3 is 55.4 Å². The molecule has 2 aliphatic rings. The van der Waals surface area contributed by atoms with Crippen LogP contribution in [-0.2, 0) is 129 Å². The van der Waals surface area contributed by atoms with E-state index in [1.807, 2.05) is 77.7 Å². The maximum atomic E-state index is 14.3. The molecule has 0 saturated carbocycles. The zero-order chi connectivity index (χ0) is 104. The second-order valence-electron chi connectivity index (χ2n) is 34.6. The number of nitrogens with one attached hydrogen (secondary N) is 6. The van der Waals surface area contributed by atoms with Gasteiger partial charge in [0, 0.05) is 164 Å². The predicted molar refractivity (Wildman–Crippen MR) is 518 cm³/mol. The van der Waals surface area contributed by atoms with Crippen molar-refractivity contribution >= 4 is 137 Å². The van der Waals surface area contributed by atoms with Crippen molar-refractivity contribution < 1.29 is 155 Å². The highest BCUT2D eigenvalue weighted by molar-refractivity contribution is 14.1. The van der Waals surface area contributed by atoms with Crippen LogP contribution in [0.3, 0.4) is 0 Å². The van der Waals surface area contributed by atoms with Gasteiger partial charge in [0.2, 0.25) is 41.4 Å². The molecule has 2 aliphatic heterocycles. The Morgan fingerprint density at radius 2 is 0.908 bits per heavy atom. The summed E-state index contributed by atoms with van der Waals surface area (Å²) in [5, 5.41) is 102. The third-order valence-corrected chi connectivity index (χ3v) is 25.5. The molecule has 4 aromatic rings. The molecule has 1 fully saturated rings. The number of para-hydroxylation sites is 1. The van der Waals surface area contributed by atoms with E-state index in [2.05, 4.69) is 64.8 Å². The average molecular weight is 2130 g/mol. The Bertz CT molecular complexity index is 4790. The number of halogens is 1. The SMILES string of the molecule is O=C(O)CCC(CP(=O)(O)OCCC[C@H](NC(=O)CC[C@H](CC(=O)CCCCCNC(=O)CCC(NC(=O)CCOCCOCCOCCOCCCC(=O)CCC(=O)N1Cc2ccccc2-c2c(nnn2CCCNC(=O)CN2CCN(CC(=O)O)CCN(CC(=O)O)CCN(CC(=O)O)CC2)-c2ccccc21)C(=O)NC(CCCCNC(=O)CCCc1ccc(I)cc1)C(=O)O)C(=O)O)C(=O)O)C(=O)O. The maximum Gasteiger partial charge on any atom is 0.328 e. The Hall–Kier alpha value is -11.3. The summed E-state index contributed by atoms with van der Waals surface area (Å²) in [6.45, 7) is 2.96. The number of unbranched alkanes of at least 4 members (excludes halogenated alkanes) is 3. The number of aryl methyl sites for hydroxylation is 2. The van der Waals surface area contributed by atoms with Crippen LogP contribution in [0.4, 0.5) is 5.69 Å². The summed E-state index contributed by atoms with van der Waals surface area (Å²) < 4.78 is 42.8. The number of anilines is 1. The van der Waals surface area contributed by atoms with Gasteiger partial charge in [0.15, 0.2) is 0 Å². The number of rotatable bonds is 72. The summed E-state index contributed by atoms with van der Waals surface area (Å²) in [4.78, 5) is 232. The Kier molecular flexibility index (Phi) is 56.0. The molecule has 0 bridgehead atoms. The van der Waals surface area contributed by atoms with Gasteiger partial charge in [-0.05, 0) is 142 Å². The van der Waals surface area contributed by atoms with Crippen molar-refractivity contribution in [1.29, 1.82) is 0 Å². The molecule has 46 nitrogen and oxygen atoms in total. The van der Waals surface area contributed by atoms with Crippen LogP contribution in [0.15, 0.2) is 72.8 Å². The number of hydrogen-bond donors (Lipinski definition) is 15. The van der Waals surface area contributed by atoms with Crippen LogP contribution in [0.25, 0.3) is 22.5 Å². The van der Waals surface area contributed by atoms with Gasteiger partial charge in [-0.2, -0.15) is 0 Å². The first-order chi connectivity index (χ1) is 67.9. The fourth-order valence-corrected chi connectivity index (χ4v) is 17.4. The fourth-order valence-electron chi connectivity index (χ4n) is 15.6. The highest BCUT2D eigenvalue weighted by atomic mass is 127. The van der Waals surface area contributed by atoms with Crippen LogP contribution in [0.1, 0.15) is 165 Å². The average Bonchev–Trinajstić information content (AvgIpc) is 1.55. The van der Waals surface area contributed by atoms with Crippen LogP contribution in [0.2, 0.25) is 0 Å². The van der Waals surface area contributed by atoms with Crippen LogP contribution in [-0.4, -0.2) is 363 Å². The summed E-state index contributed by atoms with van der Waals surface area (Å²) >= 11 is 2.21. The van der Waals surface area contributed by atoms with Gasteiger partial charge in [0.05, 0.1) is 115 Å². The number of aromatic nitrogens is 3. The second-order valence-corrected chi connectivity index (χ2v) is 37.7. The van der Waals surface area contributed by atoms with Crippen LogP contribution >= 0.6 is 30.2 Å². The normalized spacial score (nSPS) is 14.8. The van der Waals surface area contributed by atoms with Crippen molar-refractivity contribution in [1.82, 2.24) is 66.5 Å². The standard InChI is InChI=1S/C94H136IN14O32P/c95-69-28-24-65(25-29-69)14-10-23-78(112)96-38-9-7-20-76(94(133)134)101-90(126)74(31-33-79(113)97-37-8-1-2-16-71(111)58-66(91(127)128)26-32-80(114)100-75(93(131)132)21-12-50-141-142(135,136)64-68(92(129)130)27-35-84(118)119)99-81(115)36-51-138-53-55-140-57-56-139-54-52-137-49-11-17-70(110)30-34-83(117)108-59-67-15-3-4-18-72(67)89-88(73-19-5-6-22-77(73)108)102-103-109(89)40-13-39-98-82(116)60-104-41-43-105(61-85(120)121)45-47-107(63-87(124)125)48-46-106(44-42-104)62-86(122)123/h3-6,15,18-19,22,24-25,28-29,66,68,74-76H,1-2,7-14,16-17,20-21,23,26-27,30-64H2,(H,96,112)(H,97,113)(H,98,116)(H,99,115)(H,100,114)(H,101,126)(H,118,119)(H,120,121)(H,122,123)(H,124,125)(H,127,128)(H,129,130)(H,131,132)(H,133,134)(H,135,136)/t66-,68?,74?,75+,76?/m1/s1. The smallest absolute Gasteiger partial charge is 0.328 e. The first-order valence-electron chi connectivity index (χ1n) is 47.8. The largest absolute Gasteiger partial charge is 0.481 e. The minimum atomic E-state index is -4.56. The van der Waals surface area contributed by atoms with Gasteiger partial charge in [-0.25, -0.2) is 14.3 Å². The third-order valence-electron chi connectivity index (χ3n) is 23.3. The minimum Gasteiger partial charge on any atom is -0.481 e. The molecule has 142 heavy (non-hydrogen) atoms. The van der Waals surface area contributed by atoms with Crippen molar-refractivity contribution in [3.05, 3.63) is 87.5 Å². The zero-order valence-electron chi connectivity index (χ0n) is 79.9. The van der Waals surface area contributed by atoms with Gasteiger partial charge < -0.3 is 106 Å². The van der Waals surface area contributed by atoms with E-state index in [4.69, 9.17) is 28.6 Å². The molecular weight excluding hydrogens is 1990 g/mol. The van der Waals surface area contributed by atoms with E-state index >= 15 is 0 Å². The van der Waals surface area contributed by atoms with E-state index in [-0.39, 0.29) is 258 Å². The molecule has 1 aromatic heterocycles. The van der Waals surface area contributed by atoms with E-state index in [9.17, 15) is 127 Å². The predicted octanol–water partition coefficient (Wildman–Crippen LogP) is 4.01. The number of carbonyl (C=O) groups is 17. The van der Waals surface area contributed by atoms with E-state index in [0.29, 0.717) is 80.6 Å². The molecule has 1 saturated heterocycles. The molecule has 786 valence electrons. The van der Waals surface area contributed by atoms with E-state index in [0.717, 1.165) is 26.7 Å². The van der Waals surface area contributed by atoms with Gasteiger partial charge in [0.25, 0.3) is 0 Å². The number of ether oxygens (including phenoxy) is 4. The molecule has 0 radical (unpaired) electrons. The molecule has 3 aromatic carbocycles. The summed E-state index contributed by atoms with van der Waals surface area (Å²) in [5.41, 5.74) is 5.19. The Morgan fingerprint density at radius 3 is 1.50 bits per heavy atom. The molecule has 7 amide bonds. The van der Waals surface area contributed by atoms with Crippen LogP contribution in [0.5, 0.6) is 0 Å². The molecule has 4 unspecified atom stereocenters. The van der Waals surface area contributed by atoms with Crippen molar-refractivity contribution in [3.63, 3.8) is 0 Å². The van der Waals surface area contributed by atoms with Crippen molar-refractivity contribution in [2.75, 3.05) is 169 Å². The lowest BCUT2D eigenvalue weighted by Crippen LogP contribution is -2.52. The topological polar surface area (TPSA) is 655 Å². The number of carbonyl (C=O) groups excluding carboxylic acids is 9. The molecule has 0 spiro atoms. The molecule has 6 atom stereocenters. The summed E-state index contributed by atoms with van der Waals surface area (Å²) in [6.07, 6.45) is -0.209. The molecule has 15 N–H and O–H groups in total. The number of nitrogens with zero attached hydrogens (tertiary/aromatic N) is 8. The summed E-state index contributed by atoms with van der Waals surface area (Å²) in [7, 11) is -4.56. The van der Waals surface area contributed by atoms with Crippen LogP contribution in [0, 0.1) is 15.4 Å². The van der Waals surface area contributed by atoms with Gasteiger partial charge in [-0.15, -0.1) is 5.10 Å². The fraction of sp³-hybridized carbons (Fsp3) is 0.606. The molecule has 3 heterocycles. The van der Waals surface area contributed by atoms with Crippen LogP contribution < -0.4 is 36.8 Å². The second kappa shape index (κ2) is 66.6. The first-order valence-corrected chi connectivity index (χ1v) is 50.6.